The topological polar surface area (TPSA) is 74.8 Å². The zero-order valence-corrected chi connectivity index (χ0v) is 17.0. The first kappa shape index (κ1) is 19.9. The van der Waals surface area contributed by atoms with Crippen LogP contribution in [0, 0.1) is 0 Å². The van der Waals surface area contributed by atoms with Gasteiger partial charge in [0.1, 0.15) is 5.56 Å². The highest BCUT2D eigenvalue weighted by atomic mass is 35.5. The smallest absolute Gasteiger partial charge is 0.277 e. The lowest BCUT2D eigenvalue weighted by atomic mass is 9.95. The van der Waals surface area contributed by atoms with E-state index in [-0.39, 0.29) is 5.56 Å². The lowest BCUT2D eigenvalue weighted by Crippen LogP contribution is -2.26. The van der Waals surface area contributed by atoms with Crippen molar-refractivity contribution in [2.24, 2.45) is 0 Å². The van der Waals surface area contributed by atoms with Crippen molar-refractivity contribution < 1.29 is 4.79 Å². The molecule has 1 aromatic heterocycles. The molecular formula is C23H15Cl2N3O2. The van der Waals surface area contributed by atoms with E-state index in [1.165, 1.54) is 6.07 Å². The minimum Gasteiger partial charge on any atom is -0.322 e. The highest BCUT2D eigenvalue weighted by Crippen LogP contribution is 2.32. The number of benzene rings is 3. The molecule has 0 spiro atoms. The van der Waals surface area contributed by atoms with E-state index in [1.807, 2.05) is 60.7 Å². The molecule has 0 saturated heterocycles. The van der Waals surface area contributed by atoms with Crippen molar-refractivity contribution in [3.63, 3.8) is 0 Å². The first-order valence-corrected chi connectivity index (χ1v) is 9.80. The minimum absolute atomic E-state index is 0.0406. The largest absolute Gasteiger partial charge is 0.322 e. The Labute approximate surface area is 182 Å². The van der Waals surface area contributed by atoms with Crippen LogP contribution in [-0.2, 0) is 0 Å². The second kappa shape index (κ2) is 8.53. The standard InChI is InChI=1S/C23H15Cl2N3O2/c24-17-12-11-16(13-18(17)25)26-22(29)20-19(14-7-3-1-4-8-14)21(27-28-23(20)30)15-9-5-2-6-10-15/h1-13H,(H,26,29)(H,28,30). The SMILES string of the molecule is O=C(Nc1ccc(Cl)c(Cl)c1)c1c(-c2ccccc2)c(-c2ccccc2)n[nH]c1=O. The van der Waals surface area contributed by atoms with Crippen LogP contribution in [-0.4, -0.2) is 16.1 Å². The van der Waals surface area contributed by atoms with Crippen LogP contribution < -0.4 is 10.9 Å². The molecule has 0 saturated carbocycles. The van der Waals surface area contributed by atoms with Gasteiger partial charge in [0.2, 0.25) is 0 Å². The number of nitrogens with zero attached hydrogens (tertiary/aromatic N) is 1. The molecule has 0 atom stereocenters. The fourth-order valence-electron chi connectivity index (χ4n) is 3.13. The highest BCUT2D eigenvalue weighted by Gasteiger charge is 2.23. The number of aromatic nitrogens is 2. The first-order chi connectivity index (χ1) is 14.5. The van der Waals surface area contributed by atoms with Gasteiger partial charge in [-0.25, -0.2) is 5.10 Å². The Balaban J connectivity index is 1.89. The van der Waals surface area contributed by atoms with Gasteiger partial charge in [0, 0.05) is 16.8 Å². The van der Waals surface area contributed by atoms with Crippen LogP contribution in [0.25, 0.3) is 22.4 Å². The fraction of sp³-hybridized carbons (Fsp3) is 0. The number of anilines is 1. The summed E-state index contributed by atoms with van der Waals surface area (Å²) >= 11 is 12.0. The van der Waals surface area contributed by atoms with Crippen molar-refractivity contribution in [2.75, 3.05) is 5.32 Å². The van der Waals surface area contributed by atoms with Gasteiger partial charge in [0.25, 0.3) is 11.5 Å². The van der Waals surface area contributed by atoms with E-state index in [0.717, 1.165) is 5.56 Å². The van der Waals surface area contributed by atoms with Crippen molar-refractivity contribution in [1.82, 2.24) is 10.2 Å². The molecule has 0 bridgehead atoms. The molecule has 4 aromatic rings. The van der Waals surface area contributed by atoms with Crippen LogP contribution in [0.15, 0.2) is 83.7 Å². The zero-order valence-electron chi connectivity index (χ0n) is 15.5. The van der Waals surface area contributed by atoms with E-state index in [2.05, 4.69) is 15.5 Å². The Kier molecular flexibility index (Phi) is 5.65. The lowest BCUT2D eigenvalue weighted by Gasteiger charge is -2.14. The number of rotatable bonds is 4. The molecular weight excluding hydrogens is 421 g/mol. The average molecular weight is 436 g/mol. The summed E-state index contributed by atoms with van der Waals surface area (Å²) in [6.45, 7) is 0. The maximum Gasteiger partial charge on any atom is 0.277 e. The summed E-state index contributed by atoms with van der Waals surface area (Å²) in [7, 11) is 0. The second-order valence-corrected chi connectivity index (χ2v) is 7.28. The van der Waals surface area contributed by atoms with Crippen molar-refractivity contribution in [2.45, 2.75) is 0 Å². The van der Waals surface area contributed by atoms with Crippen LogP contribution in [0.5, 0.6) is 0 Å². The quantitative estimate of drug-likeness (QED) is 0.433. The van der Waals surface area contributed by atoms with Crippen molar-refractivity contribution >= 4 is 34.8 Å². The zero-order chi connectivity index (χ0) is 21.1. The number of nitrogens with one attached hydrogen (secondary N) is 2. The Morgan fingerprint density at radius 3 is 2.10 bits per heavy atom. The molecule has 3 aromatic carbocycles. The predicted octanol–water partition coefficient (Wildman–Crippen LogP) is 5.66. The number of carbonyl (C=O) groups excluding carboxylic acids is 1. The molecule has 0 aliphatic rings. The maximum absolute atomic E-state index is 13.2. The molecule has 0 aliphatic heterocycles. The molecule has 148 valence electrons. The van der Waals surface area contributed by atoms with E-state index in [4.69, 9.17) is 23.2 Å². The summed E-state index contributed by atoms with van der Waals surface area (Å²) in [5.74, 6) is -0.576. The third-order valence-electron chi connectivity index (χ3n) is 4.50. The first-order valence-electron chi connectivity index (χ1n) is 9.04. The molecule has 0 radical (unpaired) electrons. The van der Waals surface area contributed by atoms with Gasteiger partial charge in [-0.2, -0.15) is 5.10 Å². The van der Waals surface area contributed by atoms with Gasteiger partial charge >= 0.3 is 0 Å². The number of hydrogen-bond acceptors (Lipinski definition) is 3. The average Bonchev–Trinajstić information content (AvgIpc) is 2.77. The van der Waals surface area contributed by atoms with E-state index in [0.29, 0.717) is 32.6 Å². The Morgan fingerprint density at radius 2 is 1.47 bits per heavy atom. The maximum atomic E-state index is 13.2. The fourth-order valence-corrected chi connectivity index (χ4v) is 3.42. The number of carbonyl (C=O) groups is 1. The normalized spacial score (nSPS) is 10.6. The second-order valence-electron chi connectivity index (χ2n) is 6.47. The number of aromatic amines is 1. The lowest BCUT2D eigenvalue weighted by molar-refractivity contribution is 0.102. The molecule has 4 rings (SSSR count). The van der Waals surface area contributed by atoms with Gasteiger partial charge in [0.05, 0.1) is 15.7 Å². The number of H-pyrrole nitrogens is 1. The minimum atomic E-state index is -0.592. The van der Waals surface area contributed by atoms with E-state index < -0.39 is 11.5 Å². The Bertz CT molecular complexity index is 1270. The number of halogens is 2. The third kappa shape index (κ3) is 3.99. The van der Waals surface area contributed by atoms with Crippen molar-refractivity contribution in [1.29, 1.82) is 0 Å². The molecule has 30 heavy (non-hydrogen) atoms. The molecule has 0 aliphatic carbocycles. The molecule has 1 heterocycles. The summed E-state index contributed by atoms with van der Waals surface area (Å²) in [5.41, 5.74) is 2.22. The molecule has 5 nitrogen and oxygen atoms in total. The number of amides is 1. The van der Waals surface area contributed by atoms with Gasteiger partial charge in [-0.15, -0.1) is 0 Å². The van der Waals surface area contributed by atoms with Crippen molar-refractivity contribution in [3.05, 3.63) is 105 Å². The monoisotopic (exact) mass is 435 g/mol. The summed E-state index contributed by atoms with van der Waals surface area (Å²) in [6.07, 6.45) is 0. The summed E-state index contributed by atoms with van der Waals surface area (Å²) in [6, 6.07) is 23.3. The van der Waals surface area contributed by atoms with Crippen molar-refractivity contribution in [3.8, 4) is 22.4 Å². The molecule has 2 N–H and O–H groups in total. The number of hydrogen-bond donors (Lipinski definition) is 2. The molecule has 1 amide bonds. The summed E-state index contributed by atoms with van der Waals surface area (Å²) < 4.78 is 0. The van der Waals surface area contributed by atoms with Crippen LogP contribution in [0.1, 0.15) is 10.4 Å². The van der Waals surface area contributed by atoms with Gasteiger partial charge in [0.15, 0.2) is 0 Å². The summed E-state index contributed by atoms with van der Waals surface area (Å²) in [4.78, 5) is 25.9. The van der Waals surface area contributed by atoms with E-state index in [1.54, 1.807) is 12.1 Å². The van der Waals surface area contributed by atoms with E-state index >= 15 is 0 Å². The Hall–Kier alpha value is -3.41. The molecule has 0 fully saturated rings. The summed E-state index contributed by atoms with van der Waals surface area (Å²) in [5, 5.41) is 10.1. The molecule has 7 heteroatoms. The van der Waals surface area contributed by atoms with Crippen LogP contribution >= 0.6 is 23.2 Å². The van der Waals surface area contributed by atoms with Gasteiger partial charge < -0.3 is 5.32 Å². The highest BCUT2D eigenvalue weighted by molar-refractivity contribution is 6.42. The third-order valence-corrected chi connectivity index (χ3v) is 5.24. The van der Waals surface area contributed by atoms with Gasteiger partial charge in [-0.3, -0.25) is 9.59 Å². The van der Waals surface area contributed by atoms with Gasteiger partial charge in [-0.1, -0.05) is 83.9 Å². The van der Waals surface area contributed by atoms with E-state index in [9.17, 15) is 9.59 Å². The van der Waals surface area contributed by atoms with Crippen LogP contribution in [0.4, 0.5) is 5.69 Å². The van der Waals surface area contributed by atoms with Crippen LogP contribution in [0.2, 0.25) is 10.0 Å². The predicted molar refractivity (Wildman–Crippen MR) is 120 cm³/mol. The van der Waals surface area contributed by atoms with Crippen LogP contribution in [0.3, 0.4) is 0 Å². The van der Waals surface area contributed by atoms with Gasteiger partial charge in [-0.05, 0) is 23.8 Å². The molecule has 0 unspecified atom stereocenters. The Morgan fingerprint density at radius 1 is 0.833 bits per heavy atom.